The zero-order valence-electron chi connectivity index (χ0n) is 16.3. The van der Waals surface area contributed by atoms with Crippen LogP contribution in [0.3, 0.4) is 0 Å². The Morgan fingerprint density at radius 1 is 1.07 bits per heavy atom. The van der Waals surface area contributed by atoms with Gasteiger partial charge >= 0.3 is 0 Å². The fourth-order valence-electron chi connectivity index (χ4n) is 3.64. The Morgan fingerprint density at radius 3 is 2.69 bits per heavy atom. The number of amides is 2. The second-order valence-electron chi connectivity index (χ2n) is 7.22. The predicted molar refractivity (Wildman–Crippen MR) is 114 cm³/mol. The first-order valence-corrected chi connectivity index (χ1v) is 11.0. The van der Waals surface area contributed by atoms with Gasteiger partial charge in [0, 0.05) is 35.1 Å². The topological polar surface area (TPSA) is 67.5 Å². The number of carbonyl (C=O) groups is 2. The third-order valence-corrected chi connectivity index (χ3v) is 6.21. The van der Waals surface area contributed by atoms with Crippen molar-refractivity contribution in [2.75, 3.05) is 18.8 Å². The lowest BCUT2D eigenvalue weighted by Gasteiger charge is -2.27. The molecular weight excluding hydrogens is 386 g/mol. The van der Waals surface area contributed by atoms with Crippen LogP contribution in [0.1, 0.15) is 25.0 Å². The number of carbonyl (C=O) groups excluding carboxylic acids is 2. The van der Waals surface area contributed by atoms with Crippen molar-refractivity contribution in [3.63, 3.8) is 0 Å². The number of aromatic nitrogens is 1. The van der Waals surface area contributed by atoms with Crippen LogP contribution in [0.2, 0.25) is 0 Å². The molecule has 1 aliphatic rings. The SMILES string of the molecule is O=C(CSc1cn(CC(=O)N2CCCCC2)c2ccccc12)NCc1ccco1. The van der Waals surface area contributed by atoms with Crippen molar-refractivity contribution in [3.8, 4) is 0 Å². The molecule has 0 atom stereocenters. The van der Waals surface area contributed by atoms with Crippen molar-refractivity contribution < 1.29 is 14.0 Å². The Morgan fingerprint density at radius 2 is 1.90 bits per heavy atom. The smallest absolute Gasteiger partial charge is 0.242 e. The lowest BCUT2D eigenvalue weighted by Crippen LogP contribution is -2.37. The monoisotopic (exact) mass is 411 g/mol. The third kappa shape index (κ3) is 4.85. The Hall–Kier alpha value is -2.67. The van der Waals surface area contributed by atoms with Gasteiger partial charge in [0.1, 0.15) is 12.3 Å². The minimum Gasteiger partial charge on any atom is -0.467 e. The lowest BCUT2D eigenvalue weighted by atomic mass is 10.1. The van der Waals surface area contributed by atoms with Gasteiger partial charge < -0.3 is 19.2 Å². The maximum Gasteiger partial charge on any atom is 0.242 e. The molecule has 2 aromatic heterocycles. The first-order chi connectivity index (χ1) is 14.2. The zero-order chi connectivity index (χ0) is 20.1. The van der Waals surface area contributed by atoms with Gasteiger partial charge in [0.2, 0.25) is 11.8 Å². The minimum atomic E-state index is -0.0485. The molecule has 152 valence electrons. The average molecular weight is 412 g/mol. The van der Waals surface area contributed by atoms with Crippen LogP contribution < -0.4 is 5.32 Å². The molecule has 0 aliphatic carbocycles. The number of fused-ring (bicyclic) bond motifs is 1. The summed E-state index contributed by atoms with van der Waals surface area (Å²) in [6, 6.07) is 11.7. The Labute approximate surface area is 174 Å². The van der Waals surface area contributed by atoms with Gasteiger partial charge in [-0.15, -0.1) is 11.8 Å². The molecule has 1 aliphatic heterocycles. The van der Waals surface area contributed by atoms with Crippen molar-refractivity contribution >= 4 is 34.5 Å². The fourth-order valence-corrected chi connectivity index (χ4v) is 4.56. The van der Waals surface area contributed by atoms with Crippen molar-refractivity contribution in [1.29, 1.82) is 0 Å². The number of piperidine rings is 1. The largest absolute Gasteiger partial charge is 0.467 e. The molecule has 7 heteroatoms. The van der Waals surface area contributed by atoms with Crippen LogP contribution in [-0.2, 0) is 22.7 Å². The molecule has 0 unspecified atom stereocenters. The van der Waals surface area contributed by atoms with Gasteiger partial charge in [0.15, 0.2) is 0 Å². The molecule has 3 heterocycles. The van der Waals surface area contributed by atoms with E-state index in [1.54, 1.807) is 12.3 Å². The van der Waals surface area contributed by atoms with Gasteiger partial charge in [-0.2, -0.15) is 0 Å². The summed E-state index contributed by atoms with van der Waals surface area (Å²) in [4.78, 5) is 27.9. The van der Waals surface area contributed by atoms with Crippen molar-refractivity contribution in [1.82, 2.24) is 14.8 Å². The third-order valence-electron chi connectivity index (χ3n) is 5.17. The molecule has 6 nitrogen and oxygen atoms in total. The van der Waals surface area contributed by atoms with E-state index in [0.29, 0.717) is 18.8 Å². The van der Waals surface area contributed by atoms with Gasteiger partial charge in [-0.1, -0.05) is 18.2 Å². The Balaban J connectivity index is 1.41. The van der Waals surface area contributed by atoms with E-state index in [2.05, 4.69) is 5.32 Å². The van der Waals surface area contributed by atoms with Crippen LogP contribution in [0.15, 0.2) is 58.2 Å². The molecular formula is C22H25N3O3S. The average Bonchev–Trinajstić information content (AvgIpc) is 3.40. The lowest BCUT2D eigenvalue weighted by molar-refractivity contribution is -0.132. The van der Waals surface area contributed by atoms with Crippen LogP contribution in [-0.4, -0.2) is 40.1 Å². The molecule has 1 aromatic carbocycles. The summed E-state index contributed by atoms with van der Waals surface area (Å²) in [7, 11) is 0. The number of hydrogen-bond acceptors (Lipinski definition) is 4. The number of nitrogens with one attached hydrogen (secondary N) is 1. The summed E-state index contributed by atoms with van der Waals surface area (Å²) in [6.07, 6.45) is 6.98. The summed E-state index contributed by atoms with van der Waals surface area (Å²) >= 11 is 1.49. The van der Waals surface area contributed by atoms with E-state index in [4.69, 9.17) is 4.42 Å². The second-order valence-corrected chi connectivity index (χ2v) is 8.24. The second kappa shape index (κ2) is 9.22. The maximum absolute atomic E-state index is 12.7. The van der Waals surface area contributed by atoms with Crippen LogP contribution in [0, 0.1) is 0 Å². The number of furan rings is 1. The fraction of sp³-hybridized carbons (Fsp3) is 0.364. The van der Waals surface area contributed by atoms with E-state index in [-0.39, 0.29) is 11.8 Å². The number of benzene rings is 1. The van der Waals surface area contributed by atoms with Crippen LogP contribution >= 0.6 is 11.8 Å². The number of rotatable bonds is 7. The van der Waals surface area contributed by atoms with E-state index in [1.807, 2.05) is 46.0 Å². The molecule has 1 fully saturated rings. The molecule has 3 aromatic rings. The molecule has 2 amide bonds. The molecule has 1 N–H and O–H groups in total. The summed E-state index contributed by atoms with van der Waals surface area (Å²) in [6.45, 7) is 2.44. The van der Waals surface area contributed by atoms with Crippen molar-refractivity contribution in [2.24, 2.45) is 0 Å². The number of hydrogen-bond donors (Lipinski definition) is 1. The van der Waals surface area contributed by atoms with E-state index in [9.17, 15) is 9.59 Å². The Kier molecular flexibility index (Phi) is 6.24. The Bertz CT molecular complexity index is 975. The van der Waals surface area contributed by atoms with Gasteiger partial charge in [0.05, 0.1) is 18.6 Å². The maximum atomic E-state index is 12.7. The normalized spacial score (nSPS) is 14.3. The van der Waals surface area contributed by atoms with Crippen LogP contribution in [0.5, 0.6) is 0 Å². The zero-order valence-corrected chi connectivity index (χ0v) is 17.1. The molecule has 4 rings (SSSR count). The van der Waals surface area contributed by atoms with E-state index >= 15 is 0 Å². The number of thioether (sulfide) groups is 1. The first kappa shape index (κ1) is 19.6. The first-order valence-electron chi connectivity index (χ1n) is 9.98. The number of nitrogens with zero attached hydrogens (tertiary/aromatic N) is 2. The predicted octanol–water partition coefficient (Wildman–Crippen LogP) is 3.66. The summed E-state index contributed by atoms with van der Waals surface area (Å²) in [5, 5.41) is 3.94. The number of likely N-dealkylation sites (tertiary alicyclic amines) is 1. The van der Waals surface area contributed by atoms with Gasteiger partial charge in [-0.25, -0.2) is 0 Å². The molecule has 0 spiro atoms. The highest BCUT2D eigenvalue weighted by atomic mass is 32.2. The highest BCUT2D eigenvalue weighted by molar-refractivity contribution is 8.00. The van der Waals surface area contributed by atoms with Crippen molar-refractivity contribution in [2.45, 2.75) is 37.2 Å². The highest BCUT2D eigenvalue weighted by Crippen LogP contribution is 2.30. The van der Waals surface area contributed by atoms with Gasteiger partial charge in [0.25, 0.3) is 0 Å². The van der Waals surface area contributed by atoms with Gasteiger partial charge in [-0.3, -0.25) is 9.59 Å². The summed E-state index contributed by atoms with van der Waals surface area (Å²) < 4.78 is 7.24. The van der Waals surface area contributed by atoms with Gasteiger partial charge in [-0.05, 0) is 37.5 Å². The minimum absolute atomic E-state index is 0.0485. The van der Waals surface area contributed by atoms with Crippen LogP contribution in [0.4, 0.5) is 0 Å². The molecule has 0 saturated carbocycles. The summed E-state index contributed by atoms with van der Waals surface area (Å²) in [5.74, 6) is 1.16. The number of para-hydroxylation sites is 1. The molecule has 0 bridgehead atoms. The van der Waals surface area contributed by atoms with Crippen molar-refractivity contribution in [3.05, 3.63) is 54.6 Å². The molecule has 0 radical (unpaired) electrons. The quantitative estimate of drug-likeness (QED) is 0.603. The highest BCUT2D eigenvalue weighted by Gasteiger charge is 2.18. The standard InChI is InChI=1S/C22H25N3O3S/c26-21(23-13-17-7-6-12-28-17)16-29-20-14-25(19-9-3-2-8-18(19)20)15-22(27)24-10-4-1-5-11-24/h2-3,6-9,12,14H,1,4-5,10-11,13,15-16H2,(H,23,26). The molecule has 1 saturated heterocycles. The van der Waals surface area contributed by atoms with Crippen LogP contribution in [0.25, 0.3) is 10.9 Å². The van der Waals surface area contributed by atoms with E-state index in [0.717, 1.165) is 47.5 Å². The van der Waals surface area contributed by atoms with E-state index in [1.165, 1.54) is 18.2 Å². The summed E-state index contributed by atoms with van der Waals surface area (Å²) in [5.41, 5.74) is 1.02. The molecule has 29 heavy (non-hydrogen) atoms. The van der Waals surface area contributed by atoms with E-state index < -0.39 is 0 Å².